The van der Waals surface area contributed by atoms with Crippen LogP contribution < -0.4 is 5.32 Å². The van der Waals surface area contributed by atoms with E-state index < -0.39 is 0 Å². The number of nitrogens with zero attached hydrogens (tertiary/aromatic N) is 3. The summed E-state index contributed by atoms with van der Waals surface area (Å²) in [4.78, 5) is 26.6. The third-order valence-electron chi connectivity index (χ3n) is 5.14. The van der Waals surface area contributed by atoms with Gasteiger partial charge in [0.25, 0.3) is 0 Å². The van der Waals surface area contributed by atoms with E-state index in [1.807, 2.05) is 47.5 Å². The van der Waals surface area contributed by atoms with Crippen molar-refractivity contribution in [1.82, 2.24) is 20.0 Å². The van der Waals surface area contributed by atoms with E-state index in [0.717, 1.165) is 43.6 Å². The van der Waals surface area contributed by atoms with Crippen LogP contribution in [0.1, 0.15) is 31.4 Å². The molecule has 1 aliphatic carbocycles. The first-order chi connectivity index (χ1) is 12.7. The van der Waals surface area contributed by atoms with Crippen molar-refractivity contribution < 1.29 is 9.59 Å². The Kier molecular flexibility index (Phi) is 4.73. The third-order valence-corrected chi connectivity index (χ3v) is 5.14. The zero-order chi connectivity index (χ0) is 17.9. The molecule has 2 heterocycles. The number of nitrogens with one attached hydrogen (secondary N) is 1. The van der Waals surface area contributed by atoms with Gasteiger partial charge in [-0.1, -0.05) is 18.2 Å². The number of rotatable bonds is 5. The monoisotopic (exact) mass is 352 g/mol. The van der Waals surface area contributed by atoms with Gasteiger partial charge < -0.3 is 10.2 Å². The average molecular weight is 352 g/mol. The molecular formula is C20H24N4O2. The molecule has 2 aliphatic rings. The van der Waals surface area contributed by atoms with Crippen molar-refractivity contribution in [2.75, 3.05) is 13.1 Å². The third kappa shape index (κ3) is 3.79. The number of carbonyl (C=O) groups excluding carboxylic acids is 2. The molecule has 6 nitrogen and oxygen atoms in total. The quantitative estimate of drug-likeness (QED) is 0.896. The summed E-state index contributed by atoms with van der Waals surface area (Å²) in [5, 5.41) is 7.49. The fourth-order valence-corrected chi connectivity index (χ4v) is 3.48. The Morgan fingerprint density at radius 2 is 1.88 bits per heavy atom. The van der Waals surface area contributed by atoms with Gasteiger partial charge in [-0.3, -0.25) is 9.59 Å². The lowest BCUT2D eigenvalue weighted by Gasteiger charge is -2.32. The molecule has 1 saturated heterocycles. The molecule has 2 aromatic rings. The van der Waals surface area contributed by atoms with Gasteiger partial charge in [-0.2, -0.15) is 5.10 Å². The van der Waals surface area contributed by atoms with Crippen molar-refractivity contribution in [2.45, 2.75) is 32.2 Å². The van der Waals surface area contributed by atoms with E-state index in [2.05, 4.69) is 10.4 Å². The smallest absolute Gasteiger partial charge is 0.225 e. The number of hydrogen-bond donors (Lipinski definition) is 1. The van der Waals surface area contributed by atoms with E-state index in [0.29, 0.717) is 13.1 Å². The molecule has 1 aromatic carbocycles. The lowest BCUT2D eigenvalue weighted by atomic mass is 9.96. The van der Waals surface area contributed by atoms with Crippen LogP contribution >= 0.6 is 0 Å². The van der Waals surface area contributed by atoms with Crippen LogP contribution in [0.2, 0.25) is 0 Å². The molecule has 1 N–H and O–H groups in total. The fraction of sp³-hybridized carbons (Fsp3) is 0.450. The van der Waals surface area contributed by atoms with E-state index in [1.165, 1.54) is 0 Å². The Bertz CT molecular complexity index is 782. The number of para-hydroxylation sites is 1. The van der Waals surface area contributed by atoms with Gasteiger partial charge in [-0.25, -0.2) is 4.68 Å². The van der Waals surface area contributed by atoms with Crippen molar-refractivity contribution in [3.8, 4) is 5.69 Å². The second-order valence-corrected chi connectivity index (χ2v) is 7.20. The summed E-state index contributed by atoms with van der Waals surface area (Å²) in [7, 11) is 0. The van der Waals surface area contributed by atoms with Crippen LogP contribution in [0.15, 0.2) is 42.6 Å². The number of likely N-dealkylation sites (tertiary alicyclic amines) is 1. The molecule has 1 aromatic heterocycles. The highest BCUT2D eigenvalue weighted by Gasteiger charge is 2.36. The van der Waals surface area contributed by atoms with E-state index in [4.69, 9.17) is 0 Å². The Balaban J connectivity index is 1.31. The maximum atomic E-state index is 12.5. The Morgan fingerprint density at radius 3 is 2.65 bits per heavy atom. The Labute approximate surface area is 153 Å². The number of amides is 2. The SMILES string of the molecule is O=C(NCc1ccn(-c2ccccc2)n1)C1CCCN(C(=O)C2CC2)C1. The molecule has 1 saturated carbocycles. The minimum Gasteiger partial charge on any atom is -0.350 e. The van der Waals surface area contributed by atoms with Gasteiger partial charge in [0.05, 0.1) is 23.8 Å². The minimum atomic E-state index is -0.109. The lowest BCUT2D eigenvalue weighted by molar-refractivity contribution is -0.136. The molecule has 1 atom stereocenters. The molecule has 0 radical (unpaired) electrons. The number of aromatic nitrogens is 2. The summed E-state index contributed by atoms with van der Waals surface area (Å²) in [6, 6.07) is 11.8. The van der Waals surface area contributed by atoms with Crippen molar-refractivity contribution in [2.24, 2.45) is 11.8 Å². The molecule has 1 unspecified atom stereocenters. The van der Waals surface area contributed by atoms with Gasteiger partial charge in [0.2, 0.25) is 11.8 Å². The first-order valence-electron chi connectivity index (χ1n) is 9.37. The maximum absolute atomic E-state index is 12.5. The first kappa shape index (κ1) is 16.8. The van der Waals surface area contributed by atoms with Crippen molar-refractivity contribution >= 4 is 11.8 Å². The molecular weight excluding hydrogens is 328 g/mol. The fourth-order valence-electron chi connectivity index (χ4n) is 3.48. The molecule has 2 amide bonds. The van der Waals surface area contributed by atoms with Crippen LogP contribution in [0.25, 0.3) is 5.69 Å². The van der Waals surface area contributed by atoms with Gasteiger partial charge in [-0.15, -0.1) is 0 Å². The molecule has 136 valence electrons. The van der Waals surface area contributed by atoms with Crippen LogP contribution in [0.3, 0.4) is 0 Å². The summed E-state index contributed by atoms with van der Waals surface area (Å²) in [6.45, 7) is 1.76. The molecule has 4 rings (SSSR count). The van der Waals surface area contributed by atoms with E-state index in [-0.39, 0.29) is 23.7 Å². The summed E-state index contributed by atoms with van der Waals surface area (Å²) >= 11 is 0. The molecule has 1 aliphatic heterocycles. The van der Waals surface area contributed by atoms with E-state index in [1.54, 1.807) is 4.68 Å². The predicted molar refractivity (Wildman–Crippen MR) is 97.4 cm³/mol. The first-order valence-corrected chi connectivity index (χ1v) is 9.37. The predicted octanol–water partition coefficient (Wildman–Crippen LogP) is 2.14. The van der Waals surface area contributed by atoms with Crippen LogP contribution in [-0.2, 0) is 16.1 Å². The second kappa shape index (κ2) is 7.32. The van der Waals surface area contributed by atoms with Crippen LogP contribution in [-0.4, -0.2) is 39.6 Å². The average Bonchev–Trinajstić information content (AvgIpc) is 3.44. The normalized spacial score (nSPS) is 20.0. The zero-order valence-electron chi connectivity index (χ0n) is 14.8. The number of hydrogen-bond acceptors (Lipinski definition) is 3. The van der Waals surface area contributed by atoms with Gasteiger partial charge in [0, 0.05) is 25.2 Å². The maximum Gasteiger partial charge on any atom is 0.225 e. The highest BCUT2D eigenvalue weighted by molar-refractivity contribution is 5.83. The van der Waals surface area contributed by atoms with Crippen LogP contribution in [0.4, 0.5) is 0 Å². The topological polar surface area (TPSA) is 67.2 Å². The number of piperidine rings is 1. The minimum absolute atomic E-state index is 0.0209. The van der Waals surface area contributed by atoms with E-state index >= 15 is 0 Å². The summed E-state index contributed by atoms with van der Waals surface area (Å²) in [5.74, 6) is 0.373. The van der Waals surface area contributed by atoms with Gasteiger partial charge in [0.1, 0.15) is 0 Å². The number of benzene rings is 1. The van der Waals surface area contributed by atoms with Crippen LogP contribution in [0, 0.1) is 11.8 Å². The van der Waals surface area contributed by atoms with Crippen LogP contribution in [0.5, 0.6) is 0 Å². The largest absolute Gasteiger partial charge is 0.350 e. The Hall–Kier alpha value is -2.63. The molecule has 6 heteroatoms. The zero-order valence-corrected chi connectivity index (χ0v) is 14.8. The van der Waals surface area contributed by atoms with Gasteiger partial charge in [-0.05, 0) is 43.9 Å². The molecule has 26 heavy (non-hydrogen) atoms. The van der Waals surface area contributed by atoms with Gasteiger partial charge >= 0.3 is 0 Å². The van der Waals surface area contributed by atoms with Crippen molar-refractivity contribution in [3.63, 3.8) is 0 Å². The van der Waals surface area contributed by atoms with Gasteiger partial charge in [0.15, 0.2) is 0 Å². The highest BCUT2D eigenvalue weighted by atomic mass is 16.2. The molecule has 2 fully saturated rings. The standard InChI is InChI=1S/C20H24N4O2/c25-19(16-5-4-11-23(14-16)20(26)15-8-9-15)21-13-17-10-12-24(22-17)18-6-2-1-3-7-18/h1-3,6-7,10,12,15-16H,4-5,8-9,11,13-14H2,(H,21,25). The number of carbonyl (C=O) groups is 2. The molecule has 0 spiro atoms. The summed E-state index contributed by atoms with van der Waals surface area (Å²) < 4.78 is 1.80. The van der Waals surface area contributed by atoms with Crippen molar-refractivity contribution in [3.05, 3.63) is 48.3 Å². The Morgan fingerprint density at radius 1 is 1.08 bits per heavy atom. The highest BCUT2D eigenvalue weighted by Crippen LogP contribution is 2.32. The molecule has 0 bridgehead atoms. The van der Waals surface area contributed by atoms with Crippen molar-refractivity contribution in [1.29, 1.82) is 0 Å². The summed E-state index contributed by atoms with van der Waals surface area (Å²) in [6.07, 6.45) is 5.66. The second-order valence-electron chi connectivity index (χ2n) is 7.20. The van der Waals surface area contributed by atoms with E-state index in [9.17, 15) is 9.59 Å². The summed E-state index contributed by atoms with van der Waals surface area (Å²) in [5.41, 5.74) is 1.82. The lowest BCUT2D eigenvalue weighted by Crippen LogP contribution is -2.45.